The van der Waals surface area contributed by atoms with Gasteiger partial charge in [0.25, 0.3) is 0 Å². The molecule has 0 spiro atoms. The zero-order valence-electron chi connectivity index (χ0n) is 15.4. The highest BCUT2D eigenvalue weighted by molar-refractivity contribution is 5.77. The van der Waals surface area contributed by atoms with Crippen molar-refractivity contribution in [2.24, 2.45) is 0 Å². The van der Waals surface area contributed by atoms with Gasteiger partial charge in [-0.2, -0.15) is 0 Å². The van der Waals surface area contributed by atoms with Crippen molar-refractivity contribution in [2.75, 3.05) is 23.3 Å². The summed E-state index contributed by atoms with van der Waals surface area (Å²) in [6.45, 7) is 1.25. The standard InChI is InChI=1S/C21H21N5O2/c27-26(28)19-20(22-13-12-16-7-2-1-3-8-16)23-15-24-21(19)25-14-6-10-17-9-4-5-11-18(17)25/h1-5,7-9,11,15H,6,10,12-14H2,(H,22,23,24). The Labute approximate surface area is 163 Å². The van der Waals surface area contributed by atoms with Crippen LogP contribution < -0.4 is 10.2 Å². The van der Waals surface area contributed by atoms with Crippen molar-refractivity contribution in [2.45, 2.75) is 19.3 Å². The SMILES string of the molecule is O=[N+]([O-])c1c(NCCc2ccccc2)ncnc1N1CCCc2ccccc21. The van der Waals surface area contributed by atoms with Crippen molar-refractivity contribution in [1.82, 2.24) is 9.97 Å². The molecule has 2 heterocycles. The van der Waals surface area contributed by atoms with Gasteiger partial charge in [0.1, 0.15) is 6.33 Å². The number of rotatable bonds is 6. The summed E-state index contributed by atoms with van der Waals surface area (Å²) in [5.41, 5.74) is 3.25. The average molecular weight is 375 g/mol. The van der Waals surface area contributed by atoms with Crippen LogP contribution in [0.1, 0.15) is 17.5 Å². The number of anilines is 3. The Hall–Kier alpha value is -3.48. The van der Waals surface area contributed by atoms with Crippen molar-refractivity contribution in [3.05, 3.63) is 82.2 Å². The Kier molecular flexibility index (Phi) is 5.14. The van der Waals surface area contributed by atoms with E-state index in [1.807, 2.05) is 53.4 Å². The molecule has 1 aliphatic heterocycles. The number of nitrogens with zero attached hydrogens (tertiary/aromatic N) is 4. The number of hydrogen-bond acceptors (Lipinski definition) is 6. The molecule has 142 valence electrons. The molecule has 0 atom stereocenters. The highest BCUT2D eigenvalue weighted by atomic mass is 16.6. The van der Waals surface area contributed by atoms with E-state index in [1.54, 1.807) is 0 Å². The summed E-state index contributed by atoms with van der Waals surface area (Å²) >= 11 is 0. The number of aromatic nitrogens is 2. The van der Waals surface area contributed by atoms with Crippen molar-refractivity contribution in [3.63, 3.8) is 0 Å². The minimum Gasteiger partial charge on any atom is -0.364 e. The Morgan fingerprint density at radius 3 is 2.68 bits per heavy atom. The minimum absolute atomic E-state index is 0.0766. The molecule has 0 unspecified atom stereocenters. The number of para-hydroxylation sites is 1. The van der Waals surface area contributed by atoms with E-state index in [-0.39, 0.29) is 11.5 Å². The topological polar surface area (TPSA) is 84.2 Å². The highest BCUT2D eigenvalue weighted by Gasteiger charge is 2.30. The third-order valence-electron chi connectivity index (χ3n) is 4.90. The molecule has 7 heteroatoms. The lowest BCUT2D eigenvalue weighted by atomic mass is 10.0. The lowest BCUT2D eigenvalue weighted by Crippen LogP contribution is -2.26. The minimum atomic E-state index is -0.391. The lowest BCUT2D eigenvalue weighted by molar-refractivity contribution is -0.383. The molecule has 3 aromatic rings. The van der Waals surface area contributed by atoms with Gasteiger partial charge in [0.05, 0.1) is 4.92 Å². The lowest BCUT2D eigenvalue weighted by Gasteiger charge is -2.30. The van der Waals surface area contributed by atoms with Crippen molar-refractivity contribution in [3.8, 4) is 0 Å². The molecule has 1 aliphatic rings. The molecular formula is C21H21N5O2. The summed E-state index contributed by atoms with van der Waals surface area (Å²) in [4.78, 5) is 21.9. The first kappa shape index (κ1) is 17.9. The van der Waals surface area contributed by atoms with Crippen molar-refractivity contribution >= 4 is 23.0 Å². The number of hydrogen-bond donors (Lipinski definition) is 1. The van der Waals surface area contributed by atoms with Crippen LogP contribution in [0.5, 0.6) is 0 Å². The molecule has 0 radical (unpaired) electrons. The molecule has 4 rings (SSSR count). The normalized spacial score (nSPS) is 13.1. The summed E-state index contributed by atoms with van der Waals surface area (Å²) in [5, 5.41) is 15.0. The molecule has 0 saturated heterocycles. The zero-order valence-corrected chi connectivity index (χ0v) is 15.4. The quantitative estimate of drug-likeness (QED) is 0.515. The van der Waals surface area contributed by atoms with Gasteiger partial charge in [-0.3, -0.25) is 10.1 Å². The number of nitro groups is 1. The molecule has 0 fully saturated rings. The molecular weight excluding hydrogens is 354 g/mol. The predicted molar refractivity (Wildman–Crippen MR) is 109 cm³/mol. The van der Waals surface area contributed by atoms with E-state index in [9.17, 15) is 10.1 Å². The second-order valence-electron chi connectivity index (χ2n) is 6.70. The first-order valence-corrected chi connectivity index (χ1v) is 9.36. The molecule has 7 nitrogen and oxygen atoms in total. The summed E-state index contributed by atoms with van der Waals surface area (Å²) in [6, 6.07) is 18.0. The highest BCUT2D eigenvalue weighted by Crippen LogP contribution is 2.39. The molecule has 0 bridgehead atoms. The van der Waals surface area contributed by atoms with Crippen LogP contribution in [0.3, 0.4) is 0 Å². The Bertz CT molecular complexity index is 978. The Morgan fingerprint density at radius 2 is 1.86 bits per heavy atom. The number of fused-ring (bicyclic) bond motifs is 1. The van der Waals surface area contributed by atoms with E-state index in [2.05, 4.69) is 21.4 Å². The predicted octanol–water partition coefficient (Wildman–Crippen LogP) is 4.12. The fourth-order valence-corrected chi connectivity index (χ4v) is 3.59. The number of nitrogens with one attached hydrogen (secondary N) is 1. The van der Waals surface area contributed by atoms with Gasteiger partial charge in [0.2, 0.25) is 11.6 Å². The van der Waals surface area contributed by atoms with E-state index in [0.29, 0.717) is 18.9 Å². The maximum absolute atomic E-state index is 11.9. The molecule has 0 aliphatic carbocycles. The van der Waals surface area contributed by atoms with E-state index in [0.717, 1.165) is 30.5 Å². The van der Waals surface area contributed by atoms with Crippen LogP contribution in [0.25, 0.3) is 0 Å². The van der Waals surface area contributed by atoms with Crippen LogP contribution >= 0.6 is 0 Å². The maximum atomic E-state index is 11.9. The van der Waals surface area contributed by atoms with Gasteiger partial charge < -0.3 is 10.2 Å². The van der Waals surface area contributed by atoms with Gasteiger partial charge >= 0.3 is 5.69 Å². The summed E-state index contributed by atoms with van der Waals surface area (Å²) in [6.07, 6.45) is 4.04. The fraction of sp³-hybridized carbons (Fsp3) is 0.238. The van der Waals surface area contributed by atoms with Crippen LogP contribution in [0.2, 0.25) is 0 Å². The van der Waals surface area contributed by atoms with Gasteiger partial charge in [0.15, 0.2) is 0 Å². The maximum Gasteiger partial charge on any atom is 0.353 e. The van der Waals surface area contributed by atoms with Gasteiger partial charge in [0, 0.05) is 18.8 Å². The summed E-state index contributed by atoms with van der Waals surface area (Å²) in [7, 11) is 0. The zero-order chi connectivity index (χ0) is 19.3. The molecule has 0 amide bonds. The Balaban J connectivity index is 1.62. The molecule has 28 heavy (non-hydrogen) atoms. The Morgan fingerprint density at radius 1 is 1.07 bits per heavy atom. The van der Waals surface area contributed by atoms with E-state index in [4.69, 9.17) is 0 Å². The molecule has 0 saturated carbocycles. The second kappa shape index (κ2) is 8.04. The van der Waals surface area contributed by atoms with Crippen LogP contribution in [0, 0.1) is 10.1 Å². The van der Waals surface area contributed by atoms with Crippen molar-refractivity contribution < 1.29 is 4.92 Å². The van der Waals surface area contributed by atoms with Gasteiger partial charge in [-0.15, -0.1) is 0 Å². The van der Waals surface area contributed by atoms with Crippen LogP contribution in [-0.4, -0.2) is 28.0 Å². The van der Waals surface area contributed by atoms with E-state index < -0.39 is 4.92 Å². The van der Waals surface area contributed by atoms with Gasteiger partial charge in [-0.25, -0.2) is 9.97 Å². The third kappa shape index (κ3) is 3.64. The summed E-state index contributed by atoms with van der Waals surface area (Å²) in [5.74, 6) is 0.600. The second-order valence-corrected chi connectivity index (χ2v) is 6.70. The van der Waals surface area contributed by atoms with Gasteiger partial charge in [-0.1, -0.05) is 48.5 Å². The largest absolute Gasteiger partial charge is 0.364 e. The number of aryl methyl sites for hydroxylation is 1. The van der Waals surface area contributed by atoms with Crippen LogP contribution in [-0.2, 0) is 12.8 Å². The van der Waals surface area contributed by atoms with Crippen LogP contribution in [0.15, 0.2) is 60.9 Å². The first-order valence-electron chi connectivity index (χ1n) is 9.36. The summed E-state index contributed by atoms with van der Waals surface area (Å²) < 4.78 is 0. The van der Waals surface area contributed by atoms with Crippen LogP contribution in [0.4, 0.5) is 23.0 Å². The van der Waals surface area contributed by atoms with E-state index >= 15 is 0 Å². The number of benzene rings is 2. The molecule has 1 N–H and O–H groups in total. The third-order valence-corrected chi connectivity index (χ3v) is 4.90. The molecule has 2 aromatic carbocycles. The van der Waals surface area contributed by atoms with Gasteiger partial charge in [-0.05, 0) is 36.5 Å². The molecule has 1 aromatic heterocycles. The fourth-order valence-electron chi connectivity index (χ4n) is 3.59. The monoisotopic (exact) mass is 375 g/mol. The first-order chi connectivity index (χ1) is 13.7. The van der Waals surface area contributed by atoms with E-state index in [1.165, 1.54) is 11.9 Å². The van der Waals surface area contributed by atoms with Crippen molar-refractivity contribution in [1.29, 1.82) is 0 Å². The average Bonchev–Trinajstić information content (AvgIpc) is 2.74. The smallest absolute Gasteiger partial charge is 0.353 e.